The largest absolute Gasteiger partial charge is 0.396 e. The van der Waals surface area contributed by atoms with Gasteiger partial charge in [0.2, 0.25) is 0 Å². The maximum Gasteiger partial charge on any atom is 0.396 e. The Morgan fingerprint density at radius 2 is 1.62 bits per heavy atom. The van der Waals surface area contributed by atoms with Crippen LogP contribution in [0.3, 0.4) is 0 Å². The van der Waals surface area contributed by atoms with E-state index in [2.05, 4.69) is 15.1 Å². The second-order valence-electron chi connectivity index (χ2n) is 7.71. The third kappa shape index (κ3) is 4.68. The number of rotatable bonds is 6. The summed E-state index contributed by atoms with van der Waals surface area (Å²) in [5.74, 6) is -1.88. The molecule has 0 spiro atoms. The number of fused-ring (bicyclic) bond motifs is 1. The van der Waals surface area contributed by atoms with Crippen molar-refractivity contribution in [1.82, 2.24) is 19.7 Å². The van der Waals surface area contributed by atoms with Crippen LogP contribution in [0.5, 0.6) is 0 Å². The van der Waals surface area contributed by atoms with Crippen molar-refractivity contribution in [2.24, 2.45) is 0 Å². The van der Waals surface area contributed by atoms with Crippen LogP contribution >= 0.6 is 11.8 Å². The summed E-state index contributed by atoms with van der Waals surface area (Å²) in [4.78, 5) is 8.62. The minimum atomic E-state index is -4.41. The number of hydrogen-bond acceptors (Lipinski definition) is 4. The number of nitrogens with zero attached hydrogens (tertiary/aromatic N) is 4. The molecule has 3 aromatic carbocycles. The molecule has 0 radical (unpaired) electrons. The molecule has 5 aromatic rings. The summed E-state index contributed by atoms with van der Waals surface area (Å²) in [6.45, 7) is 0. The monoisotopic (exact) mass is 476 g/mol. The zero-order valence-electron chi connectivity index (χ0n) is 17.9. The van der Waals surface area contributed by atoms with Gasteiger partial charge in [-0.05, 0) is 35.9 Å². The van der Waals surface area contributed by atoms with Crippen molar-refractivity contribution in [2.45, 2.75) is 17.3 Å². The SMILES string of the molecule is FC(F)(F)C(CSc1nccc(-c2ccccc2)n1)c1ccc2c(cnn2-c2ccccc2)c1. The van der Waals surface area contributed by atoms with E-state index in [1.165, 1.54) is 6.07 Å². The predicted molar refractivity (Wildman–Crippen MR) is 128 cm³/mol. The average molecular weight is 477 g/mol. The molecule has 0 saturated heterocycles. The number of hydrogen-bond donors (Lipinski definition) is 0. The fourth-order valence-corrected chi connectivity index (χ4v) is 4.76. The van der Waals surface area contributed by atoms with Crippen molar-refractivity contribution in [1.29, 1.82) is 0 Å². The minimum absolute atomic E-state index is 0.194. The zero-order valence-corrected chi connectivity index (χ0v) is 18.7. The summed E-state index contributed by atoms with van der Waals surface area (Å²) in [7, 11) is 0. The summed E-state index contributed by atoms with van der Waals surface area (Å²) in [6, 6.07) is 25.5. The molecule has 170 valence electrons. The van der Waals surface area contributed by atoms with Gasteiger partial charge in [0.15, 0.2) is 5.16 Å². The third-order valence-corrected chi connectivity index (χ3v) is 6.43. The minimum Gasteiger partial charge on any atom is -0.233 e. The Balaban J connectivity index is 1.41. The Labute approximate surface area is 198 Å². The van der Waals surface area contributed by atoms with Crippen molar-refractivity contribution in [3.8, 4) is 16.9 Å². The zero-order chi connectivity index (χ0) is 23.5. The van der Waals surface area contributed by atoms with E-state index in [-0.39, 0.29) is 11.3 Å². The van der Waals surface area contributed by atoms with Crippen molar-refractivity contribution >= 4 is 22.7 Å². The van der Waals surface area contributed by atoms with Crippen LogP contribution in [-0.2, 0) is 0 Å². The Kier molecular flexibility index (Phi) is 6.06. The van der Waals surface area contributed by atoms with Gasteiger partial charge in [0.25, 0.3) is 0 Å². The van der Waals surface area contributed by atoms with E-state index in [0.29, 0.717) is 16.2 Å². The molecule has 1 atom stereocenters. The fourth-order valence-electron chi connectivity index (χ4n) is 3.76. The van der Waals surface area contributed by atoms with Gasteiger partial charge in [0.1, 0.15) is 0 Å². The van der Waals surface area contributed by atoms with E-state index < -0.39 is 12.1 Å². The highest BCUT2D eigenvalue weighted by Gasteiger charge is 2.41. The molecule has 0 bridgehead atoms. The smallest absolute Gasteiger partial charge is 0.233 e. The van der Waals surface area contributed by atoms with Gasteiger partial charge in [-0.25, -0.2) is 14.6 Å². The van der Waals surface area contributed by atoms with Gasteiger partial charge in [0, 0.05) is 22.9 Å². The third-order valence-electron chi connectivity index (χ3n) is 5.47. The fraction of sp³-hybridized carbons (Fsp3) is 0.115. The van der Waals surface area contributed by atoms with Crippen LogP contribution in [0, 0.1) is 0 Å². The molecule has 2 aromatic heterocycles. The van der Waals surface area contributed by atoms with Crippen LogP contribution in [0.15, 0.2) is 102 Å². The van der Waals surface area contributed by atoms with Crippen LogP contribution in [-0.4, -0.2) is 31.7 Å². The second-order valence-corrected chi connectivity index (χ2v) is 8.69. The van der Waals surface area contributed by atoms with Gasteiger partial charge >= 0.3 is 6.18 Å². The Morgan fingerprint density at radius 3 is 2.35 bits per heavy atom. The first kappa shape index (κ1) is 22.2. The van der Waals surface area contributed by atoms with Gasteiger partial charge in [-0.2, -0.15) is 18.3 Å². The lowest BCUT2D eigenvalue weighted by atomic mass is 9.99. The molecular weight excluding hydrogens is 457 g/mol. The number of aromatic nitrogens is 4. The summed E-state index contributed by atoms with van der Waals surface area (Å²) in [6.07, 6.45) is -1.24. The molecule has 0 amide bonds. The first-order valence-corrected chi connectivity index (χ1v) is 11.6. The van der Waals surface area contributed by atoms with E-state index in [9.17, 15) is 13.2 Å². The Hall–Kier alpha value is -3.65. The van der Waals surface area contributed by atoms with Crippen LogP contribution in [0.25, 0.3) is 27.8 Å². The highest BCUT2D eigenvalue weighted by molar-refractivity contribution is 7.99. The molecule has 8 heteroatoms. The topological polar surface area (TPSA) is 43.6 Å². The van der Waals surface area contributed by atoms with Crippen LogP contribution in [0.4, 0.5) is 13.2 Å². The molecule has 1 unspecified atom stereocenters. The van der Waals surface area contributed by atoms with Crippen molar-refractivity contribution in [2.75, 3.05) is 5.75 Å². The lowest BCUT2D eigenvalue weighted by Crippen LogP contribution is -2.23. The summed E-state index contributed by atoms with van der Waals surface area (Å²) in [5.41, 5.74) is 3.36. The molecule has 0 aliphatic rings. The highest BCUT2D eigenvalue weighted by Crippen LogP contribution is 2.39. The van der Waals surface area contributed by atoms with Crippen molar-refractivity contribution < 1.29 is 13.2 Å². The van der Waals surface area contributed by atoms with Crippen molar-refractivity contribution in [3.05, 3.63) is 103 Å². The Bertz CT molecular complexity index is 1400. The highest BCUT2D eigenvalue weighted by atomic mass is 32.2. The van der Waals surface area contributed by atoms with Gasteiger partial charge in [-0.1, -0.05) is 66.4 Å². The lowest BCUT2D eigenvalue weighted by molar-refractivity contribution is -0.145. The predicted octanol–water partition coefficient (Wildman–Crippen LogP) is 6.92. The number of para-hydroxylation sites is 1. The van der Waals surface area contributed by atoms with E-state index in [1.807, 2.05) is 60.7 Å². The first-order chi connectivity index (χ1) is 16.5. The number of benzene rings is 3. The van der Waals surface area contributed by atoms with E-state index >= 15 is 0 Å². The summed E-state index contributed by atoms with van der Waals surface area (Å²) < 4.78 is 43.9. The van der Waals surface area contributed by atoms with Crippen LogP contribution in [0.1, 0.15) is 11.5 Å². The Morgan fingerprint density at radius 1 is 0.882 bits per heavy atom. The van der Waals surface area contributed by atoms with Gasteiger partial charge in [-0.15, -0.1) is 0 Å². The first-order valence-electron chi connectivity index (χ1n) is 10.6. The molecule has 34 heavy (non-hydrogen) atoms. The van der Waals surface area contributed by atoms with Gasteiger partial charge in [-0.3, -0.25) is 0 Å². The van der Waals surface area contributed by atoms with E-state index in [1.54, 1.807) is 35.3 Å². The molecule has 0 fully saturated rings. The average Bonchev–Trinajstić information content (AvgIpc) is 3.28. The maximum absolute atomic E-state index is 14.0. The summed E-state index contributed by atoms with van der Waals surface area (Å²) >= 11 is 1.00. The second kappa shape index (κ2) is 9.30. The molecule has 0 aliphatic heterocycles. The number of alkyl halides is 3. The molecule has 5 rings (SSSR count). The molecular formula is C26H19F3N4S. The van der Waals surface area contributed by atoms with E-state index in [4.69, 9.17) is 0 Å². The van der Waals surface area contributed by atoms with Gasteiger partial charge < -0.3 is 0 Å². The van der Waals surface area contributed by atoms with Crippen LogP contribution < -0.4 is 0 Å². The molecule has 0 N–H and O–H groups in total. The van der Waals surface area contributed by atoms with Gasteiger partial charge in [0.05, 0.1) is 29.0 Å². The summed E-state index contributed by atoms with van der Waals surface area (Å²) in [5, 5.41) is 5.34. The molecule has 2 heterocycles. The van der Waals surface area contributed by atoms with Crippen molar-refractivity contribution in [3.63, 3.8) is 0 Å². The van der Waals surface area contributed by atoms with E-state index in [0.717, 1.165) is 28.5 Å². The quantitative estimate of drug-likeness (QED) is 0.197. The number of halogens is 3. The molecule has 0 aliphatic carbocycles. The molecule has 4 nitrogen and oxygen atoms in total. The number of thioether (sulfide) groups is 1. The molecule has 0 saturated carbocycles. The van der Waals surface area contributed by atoms with Crippen LogP contribution in [0.2, 0.25) is 0 Å². The maximum atomic E-state index is 14.0. The normalized spacial score (nSPS) is 12.7. The lowest BCUT2D eigenvalue weighted by Gasteiger charge is -2.20. The standard InChI is InChI=1S/C26H19F3N4S/c27-26(28,29)22(17-34-25-30-14-13-23(32-25)18-7-3-1-4-8-18)19-11-12-24-20(15-19)16-31-33(24)21-9-5-2-6-10-21/h1-16,22H,17H2.